The topological polar surface area (TPSA) is 69.7 Å². The first-order valence-electron chi connectivity index (χ1n) is 9.38. The molecule has 6 nitrogen and oxygen atoms in total. The number of aryl methyl sites for hydroxylation is 1. The van der Waals surface area contributed by atoms with Crippen LogP contribution in [0.5, 0.6) is 0 Å². The number of hydrogen-bond donors (Lipinski definition) is 1. The molecule has 0 aliphatic carbocycles. The molecule has 1 aliphatic heterocycles. The molecule has 7 heteroatoms. The highest BCUT2D eigenvalue weighted by atomic mass is 32.2. The van der Waals surface area contributed by atoms with Crippen LogP contribution in [0.25, 0.3) is 0 Å². The number of rotatable bonds is 6. The van der Waals surface area contributed by atoms with Gasteiger partial charge in [-0.25, -0.2) is 8.42 Å². The molecule has 2 aromatic carbocycles. The van der Waals surface area contributed by atoms with Crippen LogP contribution in [0.15, 0.2) is 53.4 Å². The van der Waals surface area contributed by atoms with E-state index in [9.17, 15) is 13.2 Å². The number of nitrogens with one attached hydrogen (secondary N) is 1. The first-order chi connectivity index (χ1) is 13.2. The summed E-state index contributed by atoms with van der Waals surface area (Å²) in [4.78, 5) is 16.8. The summed E-state index contributed by atoms with van der Waals surface area (Å²) in [5.74, 6) is 0.288. The van der Waals surface area contributed by atoms with Gasteiger partial charge in [0.25, 0.3) is 15.9 Å². The number of anilines is 1. The standard InChI is InChI=1S/C21H27N3O3S/c1-16-7-9-19(10-8-16)22-28(26,27)20-6-4-5-18(13-20)21(25)24(3)15-17-11-12-23(2)14-17/h4-10,13,17,22H,11-12,14-15H2,1-3H3. The Morgan fingerprint density at radius 1 is 1.21 bits per heavy atom. The Hall–Kier alpha value is -2.38. The zero-order valence-corrected chi connectivity index (χ0v) is 17.4. The van der Waals surface area contributed by atoms with Crippen molar-refractivity contribution in [1.29, 1.82) is 0 Å². The lowest BCUT2D eigenvalue weighted by atomic mass is 10.1. The summed E-state index contributed by atoms with van der Waals surface area (Å²) in [5, 5.41) is 0. The van der Waals surface area contributed by atoms with Crippen molar-refractivity contribution in [1.82, 2.24) is 9.80 Å². The van der Waals surface area contributed by atoms with E-state index < -0.39 is 10.0 Å². The van der Waals surface area contributed by atoms with Crippen molar-refractivity contribution in [3.8, 4) is 0 Å². The van der Waals surface area contributed by atoms with Crippen molar-refractivity contribution in [3.05, 3.63) is 59.7 Å². The van der Waals surface area contributed by atoms with E-state index in [0.717, 1.165) is 25.1 Å². The fourth-order valence-electron chi connectivity index (χ4n) is 3.50. The maximum absolute atomic E-state index is 12.8. The molecular formula is C21H27N3O3S. The number of carbonyl (C=O) groups is 1. The van der Waals surface area contributed by atoms with Gasteiger partial charge in [-0.05, 0) is 63.2 Å². The Morgan fingerprint density at radius 3 is 2.57 bits per heavy atom. The highest BCUT2D eigenvalue weighted by Gasteiger charge is 2.24. The van der Waals surface area contributed by atoms with Gasteiger partial charge in [-0.3, -0.25) is 9.52 Å². The number of hydrogen-bond acceptors (Lipinski definition) is 4. The van der Waals surface area contributed by atoms with E-state index in [2.05, 4.69) is 16.7 Å². The molecule has 1 atom stereocenters. The summed E-state index contributed by atoms with van der Waals surface area (Å²) in [5.41, 5.74) is 1.91. The third kappa shape index (κ3) is 4.91. The highest BCUT2D eigenvalue weighted by Crippen LogP contribution is 2.20. The maximum Gasteiger partial charge on any atom is 0.261 e. The third-order valence-corrected chi connectivity index (χ3v) is 6.44. The van der Waals surface area contributed by atoms with Gasteiger partial charge in [-0.15, -0.1) is 0 Å². The van der Waals surface area contributed by atoms with Gasteiger partial charge in [0.2, 0.25) is 0 Å². The second-order valence-corrected chi connectivity index (χ2v) is 9.28. The lowest BCUT2D eigenvalue weighted by molar-refractivity contribution is 0.0774. The molecule has 1 N–H and O–H groups in total. The van der Waals surface area contributed by atoms with E-state index in [-0.39, 0.29) is 10.8 Å². The zero-order valence-electron chi connectivity index (χ0n) is 16.6. The van der Waals surface area contributed by atoms with Crippen molar-refractivity contribution < 1.29 is 13.2 Å². The van der Waals surface area contributed by atoms with E-state index in [1.165, 1.54) is 12.1 Å². The van der Waals surface area contributed by atoms with E-state index in [1.807, 2.05) is 19.1 Å². The normalized spacial score (nSPS) is 17.5. The molecule has 0 saturated carbocycles. The first kappa shape index (κ1) is 20.4. The summed E-state index contributed by atoms with van der Waals surface area (Å²) in [6.45, 7) is 4.63. The number of sulfonamides is 1. The Balaban J connectivity index is 1.73. The molecule has 1 fully saturated rings. The largest absolute Gasteiger partial charge is 0.341 e. The predicted octanol–water partition coefficient (Wildman–Crippen LogP) is 2.82. The van der Waals surface area contributed by atoms with Crippen LogP contribution in [0, 0.1) is 12.8 Å². The summed E-state index contributed by atoms with van der Waals surface area (Å²) >= 11 is 0. The SMILES string of the molecule is Cc1ccc(NS(=O)(=O)c2cccc(C(=O)N(C)CC3CCN(C)C3)c2)cc1. The number of carbonyl (C=O) groups excluding carboxylic acids is 1. The summed E-state index contributed by atoms with van der Waals surface area (Å²) in [6, 6.07) is 13.3. The molecule has 0 radical (unpaired) electrons. The fourth-order valence-corrected chi connectivity index (χ4v) is 4.60. The van der Waals surface area contributed by atoms with Crippen LogP contribution in [-0.2, 0) is 10.0 Å². The maximum atomic E-state index is 12.8. The number of likely N-dealkylation sites (tertiary alicyclic amines) is 1. The summed E-state index contributed by atoms with van der Waals surface area (Å²) < 4.78 is 28.0. The quantitative estimate of drug-likeness (QED) is 0.808. The molecule has 1 saturated heterocycles. The molecule has 1 aliphatic rings. The van der Waals surface area contributed by atoms with Crippen LogP contribution >= 0.6 is 0 Å². The molecule has 1 amide bonds. The first-order valence-corrected chi connectivity index (χ1v) is 10.9. The molecule has 3 rings (SSSR count). The van der Waals surface area contributed by atoms with Crippen molar-refractivity contribution >= 4 is 21.6 Å². The second kappa shape index (κ2) is 8.32. The van der Waals surface area contributed by atoms with Gasteiger partial charge in [0.1, 0.15) is 0 Å². The Labute approximate surface area is 167 Å². The van der Waals surface area contributed by atoms with E-state index >= 15 is 0 Å². The average Bonchev–Trinajstić information content (AvgIpc) is 3.07. The molecule has 1 heterocycles. The molecule has 150 valence electrons. The second-order valence-electron chi connectivity index (χ2n) is 7.60. The van der Waals surface area contributed by atoms with Gasteiger partial charge < -0.3 is 9.80 Å². The van der Waals surface area contributed by atoms with E-state index in [1.54, 1.807) is 36.2 Å². The Bertz CT molecular complexity index is 942. The molecule has 0 aromatic heterocycles. The Morgan fingerprint density at radius 2 is 1.93 bits per heavy atom. The fraction of sp³-hybridized carbons (Fsp3) is 0.381. The van der Waals surface area contributed by atoms with Crippen LogP contribution in [-0.4, -0.2) is 57.9 Å². The number of amides is 1. The number of nitrogens with zero attached hydrogens (tertiary/aromatic N) is 2. The minimum Gasteiger partial charge on any atom is -0.341 e. The molecule has 0 bridgehead atoms. The van der Waals surface area contributed by atoms with Gasteiger partial charge in [0.15, 0.2) is 0 Å². The van der Waals surface area contributed by atoms with Crippen molar-refractivity contribution in [2.45, 2.75) is 18.2 Å². The van der Waals surface area contributed by atoms with Gasteiger partial charge >= 0.3 is 0 Å². The summed E-state index contributed by atoms with van der Waals surface area (Å²) in [7, 11) is 0.0858. The smallest absolute Gasteiger partial charge is 0.261 e. The molecule has 0 spiro atoms. The number of benzene rings is 2. The average molecular weight is 402 g/mol. The minimum absolute atomic E-state index is 0.0768. The highest BCUT2D eigenvalue weighted by molar-refractivity contribution is 7.92. The van der Waals surface area contributed by atoms with Gasteiger partial charge in [0.05, 0.1) is 4.90 Å². The van der Waals surface area contributed by atoms with Gasteiger partial charge in [-0.2, -0.15) is 0 Å². The van der Waals surface area contributed by atoms with Crippen LogP contribution < -0.4 is 4.72 Å². The van der Waals surface area contributed by atoms with Gasteiger partial charge in [0, 0.05) is 31.4 Å². The van der Waals surface area contributed by atoms with Crippen LogP contribution in [0.1, 0.15) is 22.3 Å². The molecule has 1 unspecified atom stereocenters. The molecular weight excluding hydrogens is 374 g/mol. The van der Waals surface area contributed by atoms with Crippen LogP contribution in [0.4, 0.5) is 5.69 Å². The lowest BCUT2D eigenvalue weighted by Gasteiger charge is -2.21. The Kier molecular flexibility index (Phi) is 6.05. The minimum atomic E-state index is -3.76. The van der Waals surface area contributed by atoms with Crippen molar-refractivity contribution in [2.24, 2.45) is 5.92 Å². The lowest BCUT2D eigenvalue weighted by Crippen LogP contribution is -2.33. The zero-order chi connectivity index (χ0) is 20.3. The predicted molar refractivity (Wildman–Crippen MR) is 111 cm³/mol. The van der Waals surface area contributed by atoms with Crippen molar-refractivity contribution in [3.63, 3.8) is 0 Å². The van der Waals surface area contributed by atoms with Crippen LogP contribution in [0.2, 0.25) is 0 Å². The van der Waals surface area contributed by atoms with E-state index in [4.69, 9.17) is 0 Å². The van der Waals surface area contributed by atoms with Crippen molar-refractivity contribution in [2.75, 3.05) is 38.5 Å². The van der Waals surface area contributed by atoms with E-state index in [0.29, 0.717) is 23.7 Å². The summed E-state index contributed by atoms with van der Waals surface area (Å²) in [6.07, 6.45) is 1.07. The monoisotopic (exact) mass is 401 g/mol. The van der Waals surface area contributed by atoms with Gasteiger partial charge in [-0.1, -0.05) is 23.8 Å². The molecule has 28 heavy (non-hydrogen) atoms. The van der Waals surface area contributed by atoms with Crippen LogP contribution in [0.3, 0.4) is 0 Å². The third-order valence-electron chi connectivity index (χ3n) is 5.06. The molecule has 2 aromatic rings.